The van der Waals surface area contributed by atoms with Crippen LogP contribution in [0, 0.1) is 0 Å². The molecular weight excluding hydrogens is 270 g/mol. The van der Waals surface area contributed by atoms with Gasteiger partial charge in [0.2, 0.25) is 5.91 Å². The molecule has 0 saturated heterocycles. The van der Waals surface area contributed by atoms with E-state index in [1.54, 1.807) is 35.4 Å². The Bertz CT molecular complexity index is 730. The van der Waals surface area contributed by atoms with Crippen LogP contribution in [-0.4, -0.2) is 30.5 Å². The van der Waals surface area contributed by atoms with E-state index in [4.69, 9.17) is 5.73 Å². The van der Waals surface area contributed by atoms with E-state index >= 15 is 0 Å². The summed E-state index contributed by atoms with van der Waals surface area (Å²) >= 11 is 0. The molecule has 0 aliphatic carbocycles. The molecule has 3 N–H and O–H groups in total. The standard InChI is InChI=1S/C13H13N7O/c14-12-5-6-19(18-12)7-13(21)17-10-1-3-11(4-2-10)20-9-15-8-16-20/h1-6,8-9H,7H2,(H2,14,18)(H,17,21). The number of carbonyl (C=O) groups is 1. The number of hydrogen-bond acceptors (Lipinski definition) is 5. The van der Waals surface area contributed by atoms with Gasteiger partial charge in [0, 0.05) is 11.9 Å². The average molecular weight is 283 g/mol. The van der Waals surface area contributed by atoms with Crippen molar-refractivity contribution in [2.75, 3.05) is 11.1 Å². The SMILES string of the molecule is Nc1ccn(CC(=O)Nc2ccc(-n3cncn3)cc2)n1. The van der Waals surface area contributed by atoms with Crippen LogP contribution in [0.25, 0.3) is 5.69 Å². The molecule has 0 bridgehead atoms. The number of benzene rings is 1. The molecule has 0 unspecified atom stereocenters. The zero-order valence-corrected chi connectivity index (χ0v) is 11.0. The van der Waals surface area contributed by atoms with Crippen molar-refractivity contribution in [2.45, 2.75) is 6.54 Å². The number of nitrogens with zero attached hydrogens (tertiary/aromatic N) is 5. The molecule has 21 heavy (non-hydrogen) atoms. The minimum absolute atomic E-state index is 0.113. The molecule has 2 heterocycles. The monoisotopic (exact) mass is 283 g/mol. The van der Waals surface area contributed by atoms with Crippen molar-refractivity contribution < 1.29 is 4.79 Å². The molecule has 0 radical (unpaired) electrons. The van der Waals surface area contributed by atoms with E-state index in [0.29, 0.717) is 11.5 Å². The Morgan fingerprint density at radius 2 is 2.05 bits per heavy atom. The number of aromatic nitrogens is 5. The first-order chi connectivity index (χ1) is 10.2. The van der Waals surface area contributed by atoms with Gasteiger partial charge in [0.05, 0.1) is 5.69 Å². The van der Waals surface area contributed by atoms with Crippen LogP contribution < -0.4 is 11.1 Å². The Balaban J connectivity index is 1.63. The van der Waals surface area contributed by atoms with E-state index < -0.39 is 0 Å². The number of amides is 1. The lowest BCUT2D eigenvalue weighted by molar-refractivity contribution is -0.116. The van der Waals surface area contributed by atoms with Gasteiger partial charge in [-0.15, -0.1) is 0 Å². The summed E-state index contributed by atoms with van der Waals surface area (Å²) in [6, 6.07) is 8.92. The number of hydrogen-bond donors (Lipinski definition) is 2. The first-order valence-corrected chi connectivity index (χ1v) is 6.24. The molecule has 3 rings (SSSR count). The number of nitrogens with one attached hydrogen (secondary N) is 1. The second-order valence-corrected chi connectivity index (χ2v) is 4.37. The quantitative estimate of drug-likeness (QED) is 0.733. The number of rotatable bonds is 4. The Kier molecular flexibility index (Phi) is 3.34. The van der Waals surface area contributed by atoms with Gasteiger partial charge in [0.15, 0.2) is 0 Å². The van der Waals surface area contributed by atoms with Gasteiger partial charge in [-0.25, -0.2) is 9.67 Å². The molecule has 0 aliphatic rings. The van der Waals surface area contributed by atoms with Crippen LogP contribution in [0.2, 0.25) is 0 Å². The number of anilines is 2. The third-order valence-electron chi connectivity index (χ3n) is 2.80. The van der Waals surface area contributed by atoms with Crippen molar-refractivity contribution in [1.82, 2.24) is 24.5 Å². The van der Waals surface area contributed by atoms with Gasteiger partial charge in [-0.2, -0.15) is 10.2 Å². The maximum atomic E-state index is 11.9. The van der Waals surface area contributed by atoms with Gasteiger partial charge >= 0.3 is 0 Å². The van der Waals surface area contributed by atoms with Crippen molar-refractivity contribution in [2.24, 2.45) is 0 Å². The van der Waals surface area contributed by atoms with Crippen LogP contribution in [0.1, 0.15) is 0 Å². The zero-order valence-electron chi connectivity index (χ0n) is 11.0. The van der Waals surface area contributed by atoms with Crippen molar-refractivity contribution in [1.29, 1.82) is 0 Å². The van der Waals surface area contributed by atoms with Crippen LogP contribution >= 0.6 is 0 Å². The van der Waals surface area contributed by atoms with E-state index in [1.165, 1.54) is 11.0 Å². The molecule has 2 aromatic heterocycles. The second-order valence-electron chi connectivity index (χ2n) is 4.37. The number of carbonyl (C=O) groups excluding carboxylic acids is 1. The van der Waals surface area contributed by atoms with Crippen LogP contribution in [0.15, 0.2) is 49.2 Å². The van der Waals surface area contributed by atoms with E-state index in [2.05, 4.69) is 20.5 Å². The second kappa shape index (κ2) is 5.45. The maximum absolute atomic E-state index is 11.9. The van der Waals surface area contributed by atoms with Crippen molar-refractivity contribution in [3.63, 3.8) is 0 Å². The van der Waals surface area contributed by atoms with Gasteiger partial charge < -0.3 is 11.1 Å². The Morgan fingerprint density at radius 3 is 2.67 bits per heavy atom. The topological polar surface area (TPSA) is 104 Å². The Morgan fingerprint density at radius 1 is 1.24 bits per heavy atom. The number of nitrogens with two attached hydrogens (primary N) is 1. The molecule has 1 amide bonds. The molecule has 0 aliphatic heterocycles. The van der Waals surface area contributed by atoms with Crippen molar-refractivity contribution in [3.05, 3.63) is 49.2 Å². The van der Waals surface area contributed by atoms with Gasteiger partial charge in [-0.05, 0) is 30.3 Å². The normalized spacial score (nSPS) is 10.5. The molecule has 1 aromatic carbocycles. The highest BCUT2D eigenvalue weighted by atomic mass is 16.2. The van der Waals surface area contributed by atoms with Crippen LogP contribution in [0.3, 0.4) is 0 Å². The summed E-state index contributed by atoms with van der Waals surface area (Å²) in [7, 11) is 0. The fraction of sp³-hybridized carbons (Fsp3) is 0.0769. The summed E-state index contributed by atoms with van der Waals surface area (Å²) in [6.45, 7) is 0.113. The molecule has 0 saturated carbocycles. The summed E-state index contributed by atoms with van der Waals surface area (Å²) in [6.07, 6.45) is 4.73. The fourth-order valence-corrected chi connectivity index (χ4v) is 1.85. The van der Waals surface area contributed by atoms with Crippen LogP contribution in [0.5, 0.6) is 0 Å². The van der Waals surface area contributed by atoms with E-state index in [9.17, 15) is 4.79 Å². The third kappa shape index (κ3) is 3.06. The summed E-state index contributed by atoms with van der Waals surface area (Å²) < 4.78 is 3.12. The van der Waals surface area contributed by atoms with E-state index in [0.717, 1.165) is 5.69 Å². The largest absolute Gasteiger partial charge is 0.382 e. The van der Waals surface area contributed by atoms with Gasteiger partial charge in [0.1, 0.15) is 25.0 Å². The summed E-state index contributed by atoms with van der Waals surface area (Å²) in [5.41, 5.74) is 7.06. The van der Waals surface area contributed by atoms with E-state index in [1.807, 2.05) is 12.1 Å². The molecule has 0 spiro atoms. The smallest absolute Gasteiger partial charge is 0.246 e. The highest BCUT2D eigenvalue weighted by Gasteiger charge is 2.05. The number of nitrogen functional groups attached to an aromatic ring is 1. The van der Waals surface area contributed by atoms with Gasteiger partial charge in [-0.1, -0.05) is 0 Å². The molecule has 0 fully saturated rings. The van der Waals surface area contributed by atoms with Gasteiger partial charge in [0.25, 0.3) is 0 Å². The summed E-state index contributed by atoms with van der Waals surface area (Å²) in [4.78, 5) is 15.7. The van der Waals surface area contributed by atoms with Crippen LogP contribution in [0.4, 0.5) is 11.5 Å². The highest BCUT2D eigenvalue weighted by Crippen LogP contribution is 2.12. The van der Waals surface area contributed by atoms with E-state index in [-0.39, 0.29) is 12.5 Å². The van der Waals surface area contributed by atoms with Gasteiger partial charge in [-0.3, -0.25) is 9.48 Å². The lowest BCUT2D eigenvalue weighted by Gasteiger charge is -2.06. The molecule has 8 heteroatoms. The predicted molar refractivity (Wildman–Crippen MR) is 76.6 cm³/mol. The Hall–Kier alpha value is -3.16. The molecule has 8 nitrogen and oxygen atoms in total. The van der Waals surface area contributed by atoms with Crippen molar-refractivity contribution in [3.8, 4) is 5.69 Å². The first-order valence-electron chi connectivity index (χ1n) is 6.24. The molecular formula is C13H13N7O. The highest BCUT2D eigenvalue weighted by molar-refractivity contribution is 5.90. The van der Waals surface area contributed by atoms with Crippen LogP contribution in [-0.2, 0) is 11.3 Å². The third-order valence-corrected chi connectivity index (χ3v) is 2.80. The molecule has 106 valence electrons. The predicted octanol–water partition coefficient (Wildman–Crippen LogP) is 0.685. The average Bonchev–Trinajstić information content (AvgIpc) is 3.11. The zero-order chi connectivity index (χ0) is 14.7. The summed E-state index contributed by atoms with van der Waals surface area (Å²) in [5, 5.41) is 10.8. The summed E-state index contributed by atoms with van der Waals surface area (Å²) in [5.74, 6) is 0.214. The lowest BCUT2D eigenvalue weighted by Crippen LogP contribution is -2.19. The lowest BCUT2D eigenvalue weighted by atomic mass is 10.3. The molecule has 3 aromatic rings. The maximum Gasteiger partial charge on any atom is 0.246 e. The van der Waals surface area contributed by atoms with Crippen molar-refractivity contribution >= 4 is 17.4 Å². The Labute approximate surface area is 120 Å². The molecule has 0 atom stereocenters. The first kappa shape index (κ1) is 12.9. The minimum atomic E-state index is -0.174. The fourth-order valence-electron chi connectivity index (χ4n) is 1.85. The minimum Gasteiger partial charge on any atom is -0.382 e.